The first kappa shape index (κ1) is 17.0. The maximum Gasteiger partial charge on any atom is 0.189 e. The van der Waals surface area contributed by atoms with Gasteiger partial charge < -0.3 is 15.8 Å². The molecule has 4 nitrogen and oxygen atoms in total. The van der Waals surface area contributed by atoms with E-state index in [1.54, 1.807) is 0 Å². The van der Waals surface area contributed by atoms with Gasteiger partial charge in [0.05, 0.1) is 19.2 Å². The molecular weight excluding hydrogens is 294 g/mol. The van der Waals surface area contributed by atoms with Crippen LogP contribution in [0.15, 0.2) is 29.3 Å². The summed E-state index contributed by atoms with van der Waals surface area (Å²) >= 11 is 1.84. The van der Waals surface area contributed by atoms with Gasteiger partial charge in [0.15, 0.2) is 5.96 Å². The number of hydrogen-bond acceptors (Lipinski definition) is 3. The van der Waals surface area contributed by atoms with Crippen LogP contribution < -0.4 is 15.8 Å². The second-order valence-corrected chi connectivity index (χ2v) is 7.73. The highest BCUT2D eigenvalue weighted by Gasteiger charge is 2.24. The zero-order chi connectivity index (χ0) is 16.2. The van der Waals surface area contributed by atoms with Crippen molar-refractivity contribution in [1.29, 1.82) is 0 Å². The fraction of sp³-hybridized carbons (Fsp3) is 0.588. The standard InChI is InChI=1S/C17H27N3OS/c1-17(2,3)15(22-4)11-19-16(18)20-13-9-10-21-14-8-6-5-7-12(13)14/h5-8,13,15H,9-11H2,1-4H3,(H3,18,19,20). The molecule has 5 heteroatoms. The molecule has 0 spiro atoms. The van der Waals surface area contributed by atoms with E-state index in [2.05, 4.69) is 43.4 Å². The van der Waals surface area contributed by atoms with Gasteiger partial charge in [0.25, 0.3) is 0 Å². The summed E-state index contributed by atoms with van der Waals surface area (Å²) < 4.78 is 5.67. The van der Waals surface area contributed by atoms with Crippen LogP contribution in [0.4, 0.5) is 0 Å². The molecule has 1 aromatic carbocycles. The molecular formula is C17H27N3OS. The lowest BCUT2D eigenvalue weighted by molar-refractivity contribution is 0.262. The third-order valence-corrected chi connectivity index (χ3v) is 5.38. The number of para-hydroxylation sites is 1. The first-order valence-electron chi connectivity index (χ1n) is 7.73. The lowest BCUT2D eigenvalue weighted by Gasteiger charge is -2.29. The van der Waals surface area contributed by atoms with E-state index in [4.69, 9.17) is 10.5 Å². The number of hydrogen-bond donors (Lipinski definition) is 2. The third kappa shape index (κ3) is 4.32. The molecule has 1 aliphatic heterocycles. The van der Waals surface area contributed by atoms with Crippen molar-refractivity contribution in [3.63, 3.8) is 0 Å². The molecule has 0 saturated heterocycles. The monoisotopic (exact) mass is 321 g/mol. The van der Waals surface area contributed by atoms with Crippen molar-refractivity contribution in [1.82, 2.24) is 5.32 Å². The number of guanidine groups is 1. The van der Waals surface area contributed by atoms with Gasteiger partial charge in [0, 0.05) is 17.2 Å². The van der Waals surface area contributed by atoms with Crippen molar-refractivity contribution < 1.29 is 4.74 Å². The van der Waals surface area contributed by atoms with Crippen LogP contribution in [-0.4, -0.2) is 30.6 Å². The fourth-order valence-corrected chi connectivity index (χ4v) is 3.53. The van der Waals surface area contributed by atoms with E-state index in [0.29, 0.717) is 17.8 Å². The molecule has 1 heterocycles. The van der Waals surface area contributed by atoms with Crippen LogP contribution in [0.3, 0.4) is 0 Å². The zero-order valence-corrected chi connectivity index (χ0v) is 14.7. The Bertz CT molecular complexity index is 525. The molecule has 0 radical (unpaired) electrons. The van der Waals surface area contributed by atoms with Crippen LogP contribution in [0, 0.1) is 5.41 Å². The van der Waals surface area contributed by atoms with Crippen molar-refractivity contribution in [2.24, 2.45) is 16.1 Å². The van der Waals surface area contributed by atoms with E-state index in [0.717, 1.165) is 24.3 Å². The highest BCUT2D eigenvalue weighted by molar-refractivity contribution is 7.99. The Kier molecular flexibility index (Phi) is 5.62. The van der Waals surface area contributed by atoms with Gasteiger partial charge in [-0.15, -0.1) is 0 Å². The number of benzene rings is 1. The van der Waals surface area contributed by atoms with Crippen LogP contribution >= 0.6 is 11.8 Å². The van der Waals surface area contributed by atoms with Crippen LogP contribution in [0.25, 0.3) is 0 Å². The van der Waals surface area contributed by atoms with Gasteiger partial charge in [-0.2, -0.15) is 11.8 Å². The Hall–Kier alpha value is -1.36. The molecule has 1 aromatic rings. The molecule has 2 unspecified atom stereocenters. The quantitative estimate of drug-likeness (QED) is 0.660. The summed E-state index contributed by atoms with van der Waals surface area (Å²) in [4.78, 5) is 4.55. The van der Waals surface area contributed by atoms with Gasteiger partial charge >= 0.3 is 0 Å². The first-order valence-corrected chi connectivity index (χ1v) is 9.01. The van der Waals surface area contributed by atoms with E-state index >= 15 is 0 Å². The Morgan fingerprint density at radius 2 is 2.18 bits per heavy atom. The highest BCUT2D eigenvalue weighted by Crippen LogP contribution is 2.31. The van der Waals surface area contributed by atoms with Crippen LogP contribution in [0.5, 0.6) is 5.75 Å². The van der Waals surface area contributed by atoms with E-state index in [1.807, 2.05) is 30.0 Å². The van der Waals surface area contributed by atoms with Crippen LogP contribution in [-0.2, 0) is 0 Å². The van der Waals surface area contributed by atoms with Gasteiger partial charge in [-0.25, -0.2) is 0 Å². The summed E-state index contributed by atoms with van der Waals surface area (Å²) in [6, 6.07) is 8.28. The average molecular weight is 321 g/mol. The number of thioether (sulfide) groups is 1. The van der Waals surface area contributed by atoms with Crippen LogP contribution in [0.1, 0.15) is 38.8 Å². The average Bonchev–Trinajstić information content (AvgIpc) is 2.47. The van der Waals surface area contributed by atoms with Crippen molar-refractivity contribution in [3.05, 3.63) is 29.8 Å². The van der Waals surface area contributed by atoms with Gasteiger partial charge in [0.1, 0.15) is 5.75 Å². The third-order valence-electron chi connectivity index (χ3n) is 3.96. The normalized spacial score (nSPS) is 20.0. The number of ether oxygens (including phenoxy) is 1. The molecule has 0 aliphatic carbocycles. The van der Waals surface area contributed by atoms with Gasteiger partial charge in [0.2, 0.25) is 0 Å². The molecule has 0 amide bonds. The zero-order valence-electron chi connectivity index (χ0n) is 13.9. The summed E-state index contributed by atoms with van der Waals surface area (Å²) in [7, 11) is 0. The number of nitrogens with one attached hydrogen (secondary N) is 1. The molecule has 0 aromatic heterocycles. The molecule has 0 saturated carbocycles. The molecule has 0 fully saturated rings. The van der Waals surface area contributed by atoms with Crippen molar-refractivity contribution in [2.45, 2.75) is 38.5 Å². The van der Waals surface area contributed by atoms with Gasteiger partial charge in [-0.05, 0) is 17.7 Å². The van der Waals surface area contributed by atoms with Crippen molar-refractivity contribution >= 4 is 17.7 Å². The smallest absolute Gasteiger partial charge is 0.189 e. The van der Waals surface area contributed by atoms with Crippen molar-refractivity contribution in [3.8, 4) is 5.75 Å². The number of nitrogens with two attached hydrogens (primary N) is 1. The molecule has 1 aliphatic rings. The largest absolute Gasteiger partial charge is 0.493 e. The summed E-state index contributed by atoms with van der Waals surface area (Å²) in [5, 5.41) is 3.80. The fourth-order valence-electron chi connectivity index (χ4n) is 2.60. The van der Waals surface area contributed by atoms with Gasteiger partial charge in [-0.3, -0.25) is 4.99 Å². The second-order valence-electron chi connectivity index (χ2n) is 6.69. The van der Waals surface area contributed by atoms with Gasteiger partial charge in [-0.1, -0.05) is 39.0 Å². The molecule has 3 N–H and O–H groups in total. The number of rotatable bonds is 4. The topological polar surface area (TPSA) is 59.6 Å². The number of nitrogens with zero attached hydrogens (tertiary/aromatic N) is 1. The Morgan fingerprint density at radius 1 is 1.45 bits per heavy atom. The Balaban J connectivity index is 2.00. The summed E-state index contributed by atoms with van der Waals surface area (Å²) in [6.07, 6.45) is 3.03. The van der Waals surface area contributed by atoms with Crippen LogP contribution in [0.2, 0.25) is 0 Å². The van der Waals surface area contributed by atoms with Crippen molar-refractivity contribution in [2.75, 3.05) is 19.4 Å². The molecule has 22 heavy (non-hydrogen) atoms. The predicted octanol–water partition coefficient (Wildman–Crippen LogP) is 3.19. The molecule has 0 bridgehead atoms. The SMILES string of the molecule is CSC(CN=C(N)NC1CCOc2ccccc21)C(C)(C)C. The number of fused-ring (bicyclic) bond motifs is 1. The minimum atomic E-state index is 0.177. The Labute approximate surface area is 137 Å². The maximum absolute atomic E-state index is 6.10. The second kappa shape index (κ2) is 7.27. The van der Waals surface area contributed by atoms with E-state index in [-0.39, 0.29) is 11.5 Å². The lowest BCUT2D eigenvalue weighted by Crippen LogP contribution is -2.38. The highest BCUT2D eigenvalue weighted by atomic mass is 32.2. The van der Waals surface area contributed by atoms with E-state index in [9.17, 15) is 0 Å². The number of aliphatic imine (C=N–C) groups is 1. The summed E-state index contributed by atoms with van der Waals surface area (Å²) in [6.45, 7) is 8.15. The Morgan fingerprint density at radius 3 is 2.86 bits per heavy atom. The predicted molar refractivity (Wildman–Crippen MR) is 95.7 cm³/mol. The first-order chi connectivity index (χ1) is 10.4. The molecule has 122 valence electrons. The minimum Gasteiger partial charge on any atom is -0.493 e. The summed E-state index contributed by atoms with van der Waals surface area (Å²) in [5.74, 6) is 1.46. The van der Waals surface area contributed by atoms with E-state index in [1.165, 1.54) is 0 Å². The molecule has 2 atom stereocenters. The lowest BCUT2D eigenvalue weighted by atomic mass is 9.92. The maximum atomic E-state index is 6.10. The summed E-state index contributed by atoms with van der Waals surface area (Å²) in [5.41, 5.74) is 7.47. The minimum absolute atomic E-state index is 0.177. The van der Waals surface area contributed by atoms with E-state index < -0.39 is 0 Å². The molecule has 2 rings (SSSR count).